The number of carbonyl (C=O) groups excluding carboxylic acids is 3. The van der Waals surface area contributed by atoms with Crippen LogP contribution in [0.15, 0.2) is 48.7 Å². The molecular formula is C20H23N5O3. The molecule has 28 heavy (non-hydrogen) atoms. The first kappa shape index (κ1) is 19.5. The molecular weight excluding hydrogens is 358 g/mol. The summed E-state index contributed by atoms with van der Waals surface area (Å²) in [6.07, 6.45) is 1.71. The maximum absolute atomic E-state index is 12.5. The van der Waals surface area contributed by atoms with Crippen LogP contribution in [0.1, 0.15) is 22.3 Å². The Hall–Kier alpha value is -3.26. The summed E-state index contributed by atoms with van der Waals surface area (Å²) in [6.45, 7) is 1.64. The summed E-state index contributed by atoms with van der Waals surface area (Å²) in [4.78, 5) is 42.5. The quantitative estimate of drug-likeness (QED) is 0.686. The second kappa shape index (κ2) is 9.09. The molecule has 1 aromatic heterocycles. The minimum Gasteiger partial charge on any atom is -0.359 e. The number of benzene rings is 1. The molecule has 3 amide bonds. The molecule has 1 aliphatic rings. The molecule has 0 spiro atoms. The van der Waals surface area contributed by atoms with Crippen LogP contribution in [0.5, 0.6) is 0 Å². The first-order valence-corrected chi connectivity index (χ1v) is 9.10. The van der Waals surface area contributed by atoms with Crippen molar-refractivity contribution in [2.24, 2.45) is 0 Å². The van der Waals surface area contributed by atoms with Crippen molar-refractivity contribution < 1.29 is 14.4 Å². The van der Waals surface area contributed by atoms with Crippen molar-refractivity contribution in [3.8, 4) is 0 Å². The highest BCUT2D eigenvalue weighted by Crippen LogP contribution is 2.16. The van der Waals surface area contributed by atoms with Crippen molar-refractivity contribution in [1.82, 2.24) is 20.5 Å². The number of hydrogen-bond donors (Lipinski definition) is 3. The Morgan fingerprint density at radius 2 is 2.11 bits per heavy atom. The van der Waals surface area contributed by atoms with Gasteiger partial charge in [-0.15, -0.1) is 0 Å². The van der Waals surface area contributed by atoms with E-state index < -0.39 is 6.04 Å². The Balaban J connectivity index is 1.71. The molecule has 0 aliphatic carbocycles. The largest absolute Gasteiger partial charge is 0.359 e. The van der Waals surface area contributed by atoms with E-state index in [0.29, 0.717) is 31.0 Å². The molecule has 0 radical (unpaired) electrons. The van der Waals surface area contributed by atoms with Crippen LogP contribution in [-0.2, 0) is 16.1 Å². The van der Waals surface area contributed by atoms with Gasteiger partial charge in [-0.25, -0.2) is 4.98 Å². The first-order chi connectivity index (χ1) is 13.6. The maximum Gasteiger partial charge on any atom is 0.256 e. The summed E-state index contributed by atoms with van der Waals surface area (Å²) in [5.41, 5.74) is 1.40. The van der Waals surface area contributed by atoms with Crippen molar-refractivity contribution in [2.45, 2.75) is 19.0 Å². The molecule has 1 aromatic carbocycles. The van der Waals surface area contributed by atoms with Gasteiger partial charge >= 0.3 is 0 Å². The first-order valence-electron chi connectivity index (χ1n) is 9.10. The van der Waals surface area contributed by atoms with E-state index in [1.165, 1.54) is 0 Å². The van der Waals surface area contributed by atoms with Crippen molar-refractivity contribution in [1.29, 1.82) is 0 Å². The number of rotatable bonds is 6. The zero-order valence-electron chi connectivity index (χ0n) is 15.6. The fourth-order valence-electron chi connectivity index (χ4n) is 3.12. The third-order valence-electron chi connectivity index (χ3n) is 4.58. The molecule has 146 valence electrons. The van der Waals surface area contributed by atoms with Crippen molar-refractivity contribution in [3.05, 3.63) is 59.8 Å². The van der Waals surface area contributed by atoms with Gasteiger partial charge in [-0.3, -0.25) is 19.3 Å². The molecule has 8 heteroatoms. The maximum atomic E-state index is 12.5. The minimum absolute atomic E-state index is 0.0994. The van der Waals surface area contributed by atoms with E-state index in [1.807, 2.05) is 11.0 Å². The van der Waals surface area contributed by atoms with E-state index in [1.54, 1.807) is 49.6 Å². The van der Waals surface area contributed by atoms with E-state index in [9.17, 15) is 14.4 Å². The molecule has 0 unspecified atom stereocenters. The van der Waals surface area contributed by atoms with Crippen LogP contribution >= 0.6 is 0 Å². The van der Waals surface area contributed by atoms with Gasteiger partial charge in [0.15, 0.2) is 0 Å². The highest BCUT2D eigenvalue weighted by molar-refractivity contribution is 6.03. The standard InChI is InChI=1S/C20H23N5O3/c1-21-18(26)12-16-20(28)23-9-10-25(16)13-14-5-4-6-15(11-14)19(27)24-17-7-2-3-8-22-17/h2-8,11,16H,9-10,12-13H2,1H3,(H,21,26)(H,23,28)(H,22,24,27)/t16-/m0/s1. The van der Waals surface area contributed by atoms with Crippen LogP contribution < -0.4 is 16.0 Å². The van der Waals surface area contributed by atoms with Crippen molar-refractivity contribution in [2.75, 3.05) is 25.5 Å². The van der Waals surface area contributed by atoms with Gasteiger partial charge in [0.25, 0.3) is 5.91 Å². The molecule has 1 aliphatic heterocycles. The molecule has 8 nitrogen and oxygen atoms in total. The van der Waals surface area contributed by atoms with Crippen LogP contribution in [0.4, 0.5) is 5.82 Å². The Labute approximate surface area is 163 Å². The number of pyridine rings is 1. The Bertz CT molecular complexity index is 856. The summed E-state index contributed by atoms with van der Waals surface area (Å²) < 4.78 is 0. The molecule has 3 N–H and O–H groups in total. The number of carbonyl (C=O) groups is 3. The summed E-state index contributed by atoms with van der Waals surface area (Å²) in [7, 11) is 1.55. The zero-order valence-corrected chi connectivity index (χ0v) is 15.6. The summed E-state index contributed by atoms with van der Waals surface area (Å²) >= 11 is 0. The van der Waals surface area contributed by atoms with E-state index in [2.05, 4.69) is 20.9 Å². The lowest BCUT2D eigenvalue weighted by Gasteiger charge is -2.34. The lowest BCUT2D eigenvalue weighted by molar-refractivity contribution is -0.134. The van der Waals surface area contributed by atoms with Gasteiger partial charge in [0.2, 0.25) is 11.8 Å². The van der Waals surface area contributed by atoms with Crippen LogP contribution in [0, 0.1) is 0 Å². The van der Waals surface area contributed by atoms with E-state index in [4.69, 9.17) is 0 Å². The average molecular weight is 381 g/mol. The van der Waals surface area contributed by atoms with Crippen LogP contribution in [0.3, 0.4) is 0 Å². The molecule has 0 saturated carbocycles. The molecule has 1 fully saturated rings. The predicted octanol–water partition coefficient (Wildman–Crippen LogP) is 0.770. The van der Waals surface area contributed by atoms with E-state index in [0.717, 1.165) is 5.56 Å². The van der Waals surface area contributed by atoms with E-state index in [-0.39, 0.29) is 24.1 Å². The molecule has 0 bridgehead atoms. The molecule has 2 heterocycles. The normalized spacial score (nSPS) is 16.9. The monoisotopic (exact) mass is 381 g/mol. The fourth-order valence-corrected chi connectivity index (χ4v) is 3.12. The number of nitrogens with zero attached hydrogens (tertiary/aromatic N) is 2. The van der Waals surface area contributed by atoms with Crippen LogP contribution in [0.25, 0.3) is 0 Å². The van der Waals surface area contributed by atoms with Gasteiger partial charge in [-0.2, -0.15) is 0 Å². The highest BCUT2D eigenvalue weighted by Gasteiger charge is 2.31. The lowest BCUT2D eigenvalue weighted by atomic mass is 10.0. The zero-order chi connectivity index (χ0) is 19.9. The number of amides is 3. The number of hydrogen-bond acceptors (Lipinski definition) is 5. The smallest absolute Gasteiger partial charge is 0.256 e. The molecule has 1 atom stereocenters. The average Bonchev–Trinajstić information content (AvgIpc) is 2.71. The fraction of sp³-hybridized carbons (Fsp3) is 0.300. The number of aromatic nitrogens is 1. The number of piperazine rings is 1. The van der Waals surface area contributed by atoms with Gasteiger partial charge in [0.05, 0.1) is 12.5 Å². The van der Waals surface area contributed by atoms with Crippen LogP contribution in [-0.4, -0.2) is 53.8 Å². The Morgan fingerprint density at radius 1 is 1.25 bits per heavy atom. The summed E-state index contributed by atoms with van der Waals surface area (Å²) in [5.74, 6) is -0.107. The second-order valence-corrected chi connectivity index (χ2v) is 6.52. The molecule has 2 aromatic rings. The summed E-state index contributed by atoms with van der Waals surface area (Å²) in [5, 5.41) is 8.12. The SMILES string of the molecule is CNC(=O)C[C@H]1C(=O)NCCN1Cc1cccc(C(=O)Nc2ccccn2)c1. The Kier molecular flexibility index (Phi) is 6.33. The van der Waals surface area contributed by atoms with Gasteiger partial charge in [-0.05, 0) is 29.8 Å². The predicted molar refractivity (Wildman–Crippen MR) is 105 cm³/mol. The highest BCUT2D eigenvalue weighted by atomic mass is 16.2. The van der Waals surface area contributed by atoms with Gasteiger partial charge < -0.3 is 16.0 Å². The third-order valence-corrected chi connectivity index (χ3v) is 4.58. The van der Waals surface area contributed by atoms with Gasteiger partial charge in [0.1, 0.15) is 5.82 Å². The molecule has 1 saturated heterocycles. The van der Waals surface area contributed by atoms with Crippen molar-refractivity contribution >= 4 is 23.5 Å². The van der Waals surface area contributed by atoms with Gasteiger partial charge in [0, 0.05) is 38.4 Å². The van der Waals surface area contributed by atoms with Gasteiger partial charge in [-0.1, -0.05) is 18.2 Å². The topological polar surface area (TPSA) is 103 Å². The lowest BCUT2D eigenvalue weighted by Crippen LogP contribution is -2.56. The minimum atomic E-state index is -0.528. The van der Waals surface area contributed by atoms with Crippen molar-refractivity contribution in [3.63, 3.8) is 0 Å². The number of nitrogens with one attached hydrogen (secondary N) is 3. The van der Waals surface area contributed by atoms with Crippen LogP contribution in [0.2, 0.25) is 0 Å². The van der Waals surface area contributed by atoms with E-state index >= 15 is 0 Å². The summed E-state index contributed by atoms with van der Waals surface area (Å²) in [6, 6.07) is 12.0. The third kappa shape index (κ3) is 4.92. The second-order valence-electron chi connectivity index (χ2n) is 6.52. The Morgan fingerprint density at radius 3 is 2.86 bits per heavy atom. The molecule has 3 rings (SSSR count). The number of anilines is 1.